The van der Waals surface area contributed by atoms with Crippen molar-refractivity contribution in [3.05, 3.63) is 65.4 Å². The SMILES string of the molecule is CCS(=O)(=O)c1ccc(C(CO)NC(=O)c2ccc3c(OCC4CCC(C(F)(F)F)CC4)nc(C4CC4)cc3c2)cc1. The molecule has 0 aliphatic heterocycles. The van der Waals surface area contributed by atoms with Gasteiger partial charge in [0.25, 0.3) is 5.91 Å². The number of sulfone groups is 1. The van der Waals surface area contributed by atoms with E-state index in [0.717, 1.165) is 23.9 Å². The summed E-state index contributed by atoms with van der Waals surface area (Å²) in [6.45, 7) is 1.48. The number of carbonyl (C=O) groups excluding carboxylic acids is 1. The van der Waals surface area contributed by atoms with Crippen molar-refractivity contribution >= 4 is 26.5 Å². The fourth-order valence-corrected chi connectivity index (χ4v) is 6.37. The van der Waals surface area contributed by atoms with Gasteiger partial charge in [0.2, 0.25) is 5.88 Å². The first-order chi connectivity index (χ1) is 20.0. The lowest BCUT2D eigenvalue weighted by Crippen LogP contribution is -2.30. The summed E-state index contributed by atoms with van der Waals surface area (Å²) in [5.74, 6) is -0.902. The zero-order chi connectivity index (χ0) is 30.1. The highest BCUT2D eigenvalue weighted by atomic mass is 32.2. The van der Waals surface area contributed by atoms with Gasteiger partial charge in [0.1, 0.15) is 0 Å². The summed E-state index contributed by atoms with van der Waals surface area (Å²) in [4.78, 5) is 18.1. The van der Waals surface area contributed by atoms with Gasteiger partial charge in [-0.2, -0.15) is 13.2 Å². The van der Waals surface area contributed by atoms with Crippen LogP contribution in [-0.2, 0) is 9.84 Å². The van der Waals surface area contributed by atoms with Crippen molar-refractivity contribution in [1.82, 2.24) is 10.3 Å². The summed E-state index contributed by atoms with van der Waals surface area (Å²) in [5, 5.41) is 14.3. The Balaban J connectivity index is 1.31. The first-order valence-corrected chi connectivity index (χ1v) is 16.0. The average molecular weight is 605 g/mol. The number of hydrogen-bond donors (Lipinski definition) is 2. The number of aliphatic hydroxyl groups is 1. The van der Waals surface area contributed by atoms with Crippen LogP contribution < -0.4 is 10.1 Å². The number of fused-ring (bicyclic) bond motifs is 1. The minimum atomic E-state index is -4.15. The second kappa shape index (κ2) is 12.2. The van der Waals surface area contributed by atoms with Crippen molar-refractivity contribution in [1.29, 1.82) is 0 Å². The van der Waals surface area contributed by atoms with E-state index in [2.05, 4.69) is 5.32 Å². The molecule has 5 rings (SSSR count). The Labute approximate surface area is 243 Å². The summed E-state index contributed by atoms with van der Waals surface area (Å²) in [7, 11) is -3.37. The first-order valence-electron chi connectivity index (χ1n) is 14.4. The minimum absolute atomic E-state index is 0.0256. The highest BCUT2D eigenvalue weighted by Crippen LogP contribution is 2.42. The fourth-order valence-electron chi connectivity index (χ4n) is 5.49. The molecule has 0 saturated heterocycles. The minimum Gasteiger partial charge on any atom is -0.477 e. The van der Waals surface area contributed by atoms with Crippen LogP contribution in [0.15, 0.2) is 53.4 Å². The lowest BCUT2D eigenvalue weighted by atomic mass is 9.82. The third-order valence-corrected chi connectivity index (χ3v) is 10.1. The molecule has 226 valence electrons. The molecule has 2 aromatic carbocycles. The van der Waals surface area contributed by atoms with Gasteiger partial charge in [-0.15, -0.1) is 0 Å². The van der Waals surface area contributed by atoms with Crippen LogP contribution in [0.25, 0.3) is 10.8 Å². The van der Waals surface area contributed by atoms with Gasteiger partial charge >= 0.3 is 6.18 Å². The zero-order valence-corrected chi connectivity index (χ0v) is 24.2. The molecule has 7 nitrogen and oxygen atoms in total. The maximum Gasteiger partial charge on any atom is 0.391 e. The number of rotatable bonds is 10. The second-order valence-corrected chi connectivity index (χ2v) is 13.6. The Hall–Kier alpha value is -3.18. The topological polar surface area (TPSA) is 106 Å². The Morgan fingerprint density at radius 2 is 1.74 bits per heavy atom. The Morgan fingerprint density at radius 3 is 2.33 bits per heavy atom. The molecule has 2 saturated carbocycles. The summed E-state index contributed by atoms with van der Waals surface area (Å²) < 4.78 is 69.5. The molecule has 1 aromatic heterocycles. The molecule has 42 heavy (non-hydrogen) atoms. The van der Waals surface area contributed by atoms with E-state index in [1.807, 2.05) is 6.07 Å². The van der Waals surface area contributed by atoms with Crippen molar-refractivity contribution < 1.29 is 36.2 Å². The molecule has 1 unspecified atom stereocenters. The number of ether oxygens (including phenoxy) is 1. The molecule has 0 bridgehead atoms. The third-order valence-electron chi connectivity index (χ3n) is 8.35. The van der Waals surface area contributed by atoms with E-state index in [-0.39, 0.29) is 36.0 Å². The van der Waals surface area contributed by atoms with Gasteiger partial charge in [-0.1, -0.05) is 19.1 Å². The lowest BCUT2D eigenvalue weighted by molar-refractivity contribution is -0.184. The van der Waals surface area contributed by atoms with E-state index < -0.39 is 33.9 Å². The maximum absolute atomic E-state index is 13.2. The van der Waals surface area contributed by atoms with Crippen molar-refractivity contribution in [2.75, 3.05) is 19.0 Å². The van der Waals surface area contributed by atoms with E-state index >= 15 is 0 Å². The number of alkyl halides is 3. The molecule has 3 aromatic rings. The largest absolute Gasteiger partial charge is 0.477 e. The van der Waals surface area contributed by atoms with Crippen LogP contribution in [0.4, 0.5) is 13.2 Å². The number of halogens is 3. The number of benzene rings is 2. The molecular weight excluding hydrogens is 569 g/mol. The molecule has 1 amide bonds. The smallest absolute Gasteiger partial charge is 0.391 e. The molecule has 0 radical (unpaired) electrons. The standard InChI is InChI=1S/C31H35F3N2O5S/c1-2-42(39,40)25-12-7-21(8-13-25)28(17-37)35-29(38)22-9-14-26-23(15-22)16-27(20-5-6-20)36-30(26)41-18-19-3-10-24(11-4-19)31(32,33)34/h7-9,12-16,19-20,24,28,37H,2-6,10-11,17-18H2,1H3,(H,35,38). The molecule has 2 fully saturated rings. The summed E-state index contributed by atoms with van der Waals surface area (Å²) in [6.07, 6.45) is -0.986. The Morgan fingerprint density at radius 1 is 1.05 bits per heavy atom. The second-order valence-electron chi connectivity index (χ2n) is 11.3. The molecular formula is C31H35F3N2O5S. The number of nitrogens with zero attached hydrogens (tertiary/aromatic N) is 1. The molecule has 11 heteroatoms. The molecule has 1 atom stereocenters. The number of pyridine rings is 1. The van der Waals surface area contributed by atoms with E-state index in [9.17, 15) is 31.5 Å². The van der Waals surface area contributed by atoms with Crippen LogP contribution >= 0.6 is 0 Å². The van der Waals surface area contributed by atoms with E-state index in [1.165, 1.54) is 12.1 Å². The van der Waals surface area contributed by atoms with Gasteiger partial charge in [-0.25, -0.2) is 13.4 Å². The predicted octanol–water partition coefficient (Wildman–Crippen LogP) is 6.12. The third kappa shape index (κ3) is 6.89. The number of amides is 1. The highest BCUT2D eigenvalue weighted by Gasteiger charge is 2.41. The summed E-state index contributed by atoms with van der Waals surface area (Å²) in [5.41, 5.74) is 1.81. The van der Waals surface area contributed by atoms with Crippen LogP contribution in [0.5, 0.6) is 5.88 Å². The Bertz CT molecular complexity index is 1530. The average Bonchev–Trinajstić information content (AvgIpc) is 3.84. The van der Waals surface area contributed by atoms with Gasteiger partial charge in [0.05, 0.1) is 35.8 Å². The molecule has 2 N–H and O–H groups in total. The van der Waals surface area contributed by atoms with Crippen molar-refractivity contribution in [3.63, 3.8) is 0 Å². The Kier molecular flexibility index (Phi) is 8.80. The molecule has 2 aliphatic rings. The monoisotopic (exact) mass is 604 g/mol. The quantitative estimate of drug-likeness (QED) is 0.289. The van der Waals surface area contributed by atoms with Gasteiger partial charge in [0.15, 0.2) is 9.84 Å². The van der Waals surface area contributed by atoms with E-state index in [0.29, 0.717) is 47.8 Å². The van der Waals surface area contributed by atoms with Crippen LogP contribution in [0, 0.1) is 11.8 Å². The summed E-state index contributed by atoms with van der Waals surface area (Å²) >= 11 is 0. The molecule has 2 aliphatic carbocycles. The maximum atomic E-state index is 13.2. The normalized spacial score (nSPS) is 20.3. The first kappa shape index (κ1) is 30.3. The molecule has 1 heterocycles. The number of carbonyl (C=O) groups is 1. The van der Waals surface area contributed by atoms with Crippen molar-refractivity contribution in [3.8, 4) is 5.88 Å². The van der Waals surface area contributed by atoms with Crippen LogP contribution in [-0.4, -0.2) is 49.6 Å². The number of nitrogens with one attached hydrogen (secondary N) is 1. The van der Waals surface area contributed by atoms with Crippen LogP contribution in [0.1, 0.15) is 79.0 Å². The van der Waals surface area contributed by atoms with Gasteiger partial charge in [-0.05, 0) is 91.8 Å². The van der Waals surface area contributed by atoms with Crippen LogP contribution in [0.2, 0.25) is 0 Å². The highest BCUT2D eigenvalue weighted by molar-refractivity contribution is 7.91. The number of aliphatic hydroxyl groups excluding tert-OH is 1. The lowest BCUT2D eigenvalue weighted by Gasteiger charge is -2.29. The van der Waals surface area contributed by atoms with E-state index in [4.69, 9.17) is 9.72 Å². The number of aromatic nitrogens is 1. The molecule has 0 spiro atoms. The predicted molar refractivity (Wildman–Crippen MR) is 152 cm³/mol. The fraction of sp³-hybridized carbons (Fsp3) is 0.484. The summed E-state index contributed by atoms with van der Waals surface area (Å²) in [6, 6.07) is 12.4. The zero-order valence-electron chi connectivity index (χ0n) is 23.4. The van der Waals surface area contributed by atoms with E-state index in [1.54, 1.807) is 37.3 Å². The number of hydrogen-bond acceptors (Lipinski definition) is 6. The van der Waals surface area contributed by atoms with Gasteiger partial charge in [0, 0.05) is 22.6 Å². The van der Waals surface area contributed by atoms with Crippen molar-refractivity contribution in [2.24, 2.45) is 11.8 Å². The van der Waals surface area contributed by atoms with Crippen molar-refractivity contribution in [2.45, 2.75) is 68.5 Å². The van der Waals surface area contributed by atoms with Crippen LogP contribution in [0.3, 0.4) is 0 Å². The van der Waals surface area contributed by atoms with Gasteiger partial charge in [-0.3, -0.25) is 4.79 Å². The van der Waals surface area contributed by atoms with Gasteiger partial charge < -0.3 is 15.2 Å².